The quantitative estimate of drug-likeness (QED) is 0.469. The molecular formula is C24H24N4O2. The Kier molecular flexibility index (Phi) is 4.83. The van der Waals surface area contributed by atoms with Crippen LogP contribution in [0.3, 0.4) is 0 Å². The van der Waals surface area contributed by atoms with Crippen molar-refractivity contribution >= 4 is 17.0 Å². The first-order valence-corrected chi connectivity index (χ1v) is 10.3. The van der Waals surface area contributed by atoms with Crippen LogP contribution in [0.4, 0.5) is 5.82 Å². The number of hydrogen-bond acceptors (Lipinski definition) is 6. The van der Waals surface area contributed by atoms with Crippen molar-refractivity contribution in [1.29, 1.82) is 0 Å². The predicted molar refractivity (Wildman–Crippen MR) is 118 cm³/mol. The maximum Gasteiger partial charge on any atom is 0.229 e. The first-order chi connectivity index (χ1) is 14.7. The van der Waals surface area contributed by atoms with Gasteiger partial charge in [-0.2, -0.15) is 4.98 Å². The monoisotopic (exact) mass is 400 g/mol. The molecule has 1 saturated heterocycles. The van der Waals surface area contributed by atoms with Crippen molar-refractivity contribution in [3.8, 4) is 28.6 Å². The zero-order valence-corrected chi connectivity index (χ0v) is 17.2. The molecule has 152 valence electrons. The van der Waals surface area contributed by atoms with Crippen LogP contribution in [-0.2, 0) is 0 Å². The molecule has 2 aromatic heterocycles. The minimum Gasteiger partial charge on any atom is -0.497 e. The fourth-order valence-electron chi connectivity index (χ4n) is 4.00. The molecule has 0 bridgehead atoms. The molecule has 0 spiro atoms. The summed E-state index contributed by atoms with van der Waals surface area (Å²) in [7, 11) is 1.66. The van der Waals surface area contributed by atoms with Gasteiger partial charge in [0.1, 0.15) is 5.75 Å². The Morgan fingerprint density at radius 3 is 2.63 bits per heavy atom. The van der Waals surface area contributed by atoms with E-state index in [1.165, 1.54) is 6.42 Å². The summed E-state index contributed by atoms with van der Waals surface area (Å²) >= 11 is 0. The van der Waals surface area contributed by atoms with Crippen LogP contribution >= 0.6 is 0 Å². The average Bonchev–Trinajstić information content (AvgIpc) is 3.23. The number of aromatic nitrogens is 3. The summed E-state index contributed by atoms with van der Waals surface area (Å²) < 4.78 is 11.6. The van der Waals surface area contributed by atoms with Crippen molar-refractivity contribution < 1.29 is 9.15 Å². The lowest BCUT2D eigenvalue weighted by Crippen LogP contribution is -2.35. The summed E-state index contributed by atoms with van der Waals surface area (Å²) in [4.78, 5) is 16.7. The van der Waals surface area contributed by atoms with Crippen molar-refractivity contribution in [2.45, 2.75) is 19.8 Å². The second-order valence-corrected chi connectivity index (χ2v) is 7.83. The van der Waals surface area contributed by atoms with Gasteiger partial charge in [-0.15, -0.1) is 0 Å². The van der Waals surface area contributed by atoms with Gasteiger partial charge in [-0.25, -0.2) is 9.97 Å². The summed E-state index contributed by atoms with van der Waals surface area (Å²) in [5.74, 6) is 3.39. The summed E-state index contributed by atoms with van der Waals surface area (Å²) in [6.07, 6.45) is 2.37. The van der Waals surface area contributed by atoms with E-state index in [0.717, 1.165) is 42.2 Å². The minimum atomic E-state index is 0.564. The molecule has 2 aromatic carbocycles. The molecule has 0 aliphatic carbocycles. The van der Waals surface area contributed by atoms with Crippen molar-refractivity contribution in [3.63, 3.8) is 0 Å². The van der Waals surface area contributed by atoms with E-state index >= 15 is 0 Å². The molecule has 0 saturated carbocycles. The van der Waals surface area contributed by atoms with Gasteiger partial charge in [-0.1, -0.05) is 37.3 Å². The van der Waals surface area contributed by atoms with Crippen LogP contribution in [0.1, 0.15) is 19.8 Å². The number of anilines is 1. The standard InChI is InChI=1S/C24H24N4O2/c1-16-8-7-13-28(15-16)23-20-22(27-24(30-20)17-9-4-3-5-10-17)25-21(26-23)18-11-6-12-19(14-18)29-2/h3-6,9-12,14,16H,7-8,13,15H2,1-2H3. The highest BCUT2D eigenvalue weighted by molar-refractivity contribution is 5.85. The molecule has 6 nitrogen and oxygen atoms in total. The van der Waals surface area contributed by atoms with Crippen LogP contribution in [0.15, 0.2) is 59.0 Å². The molecule has 5 rings (SSSR count). The van der Waals surface area contributed by atoms with Crippen LogP contribution in [0.25, 0.3) is 34.1 Å². The van der Waals surface area contributed by atoms with Gasteiger partial charge in [0.25, 0.3) is 0 Å². The van der Waals surface area contributed by atoms with Gasteiger partial charge in [-0.3, -0.25) is 0 Å². The molecule has 1 atom stereocenters. The molecular weight excluding hydrogens is 376 g/mol. The van der Waals surface area contributed by atoms with Crippen molar-refractivity contribution in [3.05, 3.63) is 54.6 Å². The molecule has 4 aromatic rings. The summed E-state index contributed by atoms with van der Waals surface area (Å²) in [6.45, 7) is 4.18. The number of hydrogen-bond donors (Lipinski definition) is 0. The zero-order valence-electron chi connectivity index (χ0n) is 17.2. The smallest absolute Gasteiger partial charge is 0.229 e. The van der Waals surface area contributed by atoms with Crippen LogP contribution in [0, 0.1) is 5.92 Å². The molecule has 0 radical (unpaired) electrons. The van der Waals surface area contributed by atoms with E-state index in [9.17, 15) is 0 Å². The maximum atomic E-state index is 6.21. The Morgan fingerprint density at radius 2 is 1.83 bits per heavy atom. The Morgan fingerprint density at radius 1 is 1.00 bits per heavy atom. The van der Waals surface area contributed by atoms with Crippen LogP contribution in [-0.4, -0.2) is 35.2 Å². The van der Waals surface area contributed by atoms with Gasteiger partial charge in [0.05, 0.1) is 7.11 Å². The number of oxazole rings is 1. The van der Waals surface area contributed by atoms with Crippen LogP contribution in [0.2, 0.25) is 0 Å². The number of methoxy groups -OCH3 is 1. The first-order valence-electron chi connectivity index (χ1n) is 10.3. The van der Waals surface area contributed by atoms with E-state index in [1.54, 1.807) is 7.11 Å². The highest BCUT2D eigenvalue weighted by atomic mass is 16.5. The summed E-state index contributed by atoms with van der Waals surface area (Å²) in [5, 5.41) is 0. The molecule has 1 aliphatic heterocycles. The molecule has 30 heavy (non-hydrogen) atoms. The topological polar surface area (TPSA) is 64.3 Å². The molecule has 0 amide bonds. The highest BCUT2D eigenvalue weighted by Crippen LogP contribution is 2.34. The van der Waals surface area contributed by atoms with Gasteiger partial charge in [0.15, 0.2) is 11.6 Å². The number of fused-ring (bicyclic) bond motifs is 1. The lowest BCUT2D eigenvalue weighted by molar-refractivity contribution is 0.415. The van der Waals surface area contributed by atoms with E-state index in [0.29, 0.717) is 28.9 Å². The molecule has 3 heterocycles. The molecule has 1 unspecified atom stereocenters. The number of piperidine rings is 1. The van der Waals surface area contributed by atoms with E-state index in [4.69, 9.17) is 24.1 Å². The minimum absolute atomic E-state index is 0.564. The second kappa shape index (κ2) is 7.78. The van der Waals surface area contributed by atoms with Gasteiger partial charge in [-0.05, 0) is 43.0 Å². The number of ether oxygens (including phenoxy) is 1. The van der Waals surface area contributed by atoms with Crippen LogP contribution in [0.5, 0.6) is 5.75 Å². The lowest BCUT2D eigenvalue weighted by atomic mass is 10.0. The Labute approximate surface area is 175 Å². The van der Waals surface area contributed by atoms with E-state index < -0.39 is 0 Å². The third-order valence-corrected chi connectivity index (χ3v) is 5.54. The second-order valence-electron chi connectivity index (χ2n) is 7.83. The Hall–Kier alpha value is -3.41. The summed E-state index contributed by atoms with van der Waals surface area (Å²) in [6, 6.07) is 17.7. The van der Waals surface area contributed by atoms with E-state index in [2.05, 4.69) is 11.8 Å². The number of rotatable bonds is 4. The van der Waals surface area contributed by atoms with Gasteiger partial charge in [0, 0.05) is 24.2 Å². The highest BCUT2D eigenvalue weighted by Gasteiger charge is 2.24. The summed E-state index contributed by atoms with van der Waals surface area (Å²) in [5.41, 5.74) is 3.05. The molecule has 1 fully saturated rings. The van der Waals surface area contributed by atoms with Crippen molar-refractivity contribution in [2.24, 2.45) is 5.92 Å². The predicted octanol–water partition coefficient (Wildman–Crippen LogP) is 5.20. The number of nitrogens with zero attached hydrogens (tertiary/aromatic N) is 4. The molecule has 0 N–H and O–H groups in total. The molecule has 1 aliphatic rings. The van der Waals surface area contributed by atoms with Gasteiger partial charge < -0.3 is 14.1 Å². The van der Waals surface area contributed by atoms with Crippen molar-refractivity contribution in [1.82, 2.24) is 15.0 Å². The van der Waals surface area contributed by atoms with Crippen molar-refractivity contribution in [2.75, 3.05) is 25.1 Å². The van der Waals surface area contributed by atoms with E-state index in [1.807, 2.05) is 54.6 Å². The van der Waals surface area contributed by atoms with Crippen LogP contribution < -0.4 is 9.64 Å². The van der Waals surface area contributed by atoms with Gasteiger partial charge >= 0.3 is 0 Å². The SMILES string of the molecule is COc1cccc(-c2nc(N3CCCC(C)C3)c3oc(-c4ccccc4)nc3n2)c1. The zero-order chi connectivity index (χ0) is 20.5. The van der Waals surface area contributed by atoms with E-state index in [-0.39, 0.29) is 0 Å². The fourth-order valence-corrected chi connectivity index (χ4v) is 4.00. The lowest BCUT2D eigenvalue weighted by Gasteiger charge is -2.31. The molecule has 6 heteroatoms. The Bertz CT molecular complexity index is 1170. The number of benzene rings is 2. The fraction of sp³-hybridized carbons (Fsp3) is 0.292. The van der Waals surface area contributed by atoms with Gasteiger partial charge in [0.2, 0.25) is 17.1 Å². The average molecular weight is 400 g/mol. The Balaban J connectivity index is 1.68. The first kappa shape index (κ1) is 18.6. The largest absolute Gasteiger partial charge is 0.497 e. The third kappa shape index (κ3) is 3.49. The maximum absolute atomic E-state index is 6.21. The third-order valence-electron chi connectivity index (χ3n) is 5.54. The normalized spacial score (nSPS) is 16.7.